The van der Waals surface area contributed by atoms with E-state index in [1.807, 2.05) is 0 Å². The maximum Gasteiger partial charge on any atom is 1.00 e. The van der Waals surface area contributed by atoms with Crippen LogP contribution in [0, 0.1) is 5.92 Å². The molecule has 0 unspecified atom stereocenters. The van der Waals surface area contributed by atoms with Crippen LogP contribution in [0.3, 0.4) is 0 Å². The highest BCUT2D eigenvalue weighted by Crippen LogP contribution is 2.24. The predicted octanol–water partition coefficient (Wildman–Crippen LogP) is -2.14. The normalized spacial score (nSPS) is 20.1. The molecular formula is C5H12ClN. The Morgan fingerprint density at radius 3 is 2.14 bits per heavy atom. The molecule has 0 amide bonds. The summed E-state index contributed by atoms with van der Waals surface area (Å²) in [6.07, 6.45) is 4.19. The quantitative estimate of drug-likeness (QED) is 0.421. The molecule has 0 radical (unpaired) electrons. The van der Waals surface area contributed by atoms with Crippen molar-refractivity contribution in [2.45, 2.75) is 19.3 Å². The minimum Gasteiger partial charge on any atom is -1.00 e. The van der Waals surface area contributed by atoms with Crippen LogP contribution in [0.2, 0.25) is 0 Å². The Hall–Kier alpha value is 0.250. The van der Waals surface area contributed by atoms with E-state index < -0.39 is 0 Å². The lowest BCUT2D eigenvalue weighted by Crippen LogP contribution is -3.00. The van der Waals surface area contributed by atoms with E-state index in [9.17, 15) is 0 Å². The van der Waals surface area contributed by atoms with Crippen molar-refractivity contribution >= 4 is 0 Å². The van der Waals surface area contributed by atoms with Crippen LogP contribution in [0.5, 0.6) is 0 Å². The van der Waals surface area contributed by atoms with Crippen molar-refractivity contribution in [3.8, 4) is 0 Å². The smallest absolute Gasteiger partial charge is 1.00 e. The molecule has 0 bridgehead atoms. The Bertz CT molecular complexity index is 44.9. The zero-order chi connectivity index (χ0) is 4.41. The van der Waals surface area contributed by atoms with Crippen LogP contribution in [-0.2, 0) is 0 Å². The van der Waals surface area contributed by atoms with Gasteiger partial charge in [-0.15, -0.1) is 0 Å². The Morgan fingerprint density at radius 2 is 2.14 bits per heavy atom. The van der Waals surface area contributed by atoms with Crippen molar-refractivity contribution in [2.75, 3.05) is 6.54 Å². The topological polar surface area (TPSA) is 26.0 Å². The Labute approximate surface area is 52.2 Å². The molecule has 1 nitrogen and oxygen atoms in total. The second kappa shape index (κ2) is 3.28. The Kier molecular flexibility index (Phi) is 3.39. The van der Waals surface area contributed by atoms with Crippen molar-refractivity contribution < 1.29 is 13.8 Å². The average molecular weight is 122 g/mol. The van der Waals surface area contributed by atoms with Crippen molar-refractivity contribution in [3.63, 3.8) is 0 Å². The lowest BCUT2D eigenvalue weighted by molar-refractivity contribution is -0.00000140. The minimum atomic E-state index is 0. The van der Waals surface area contributed by atoms with E-state index in [1.54, 1.807) is 0 Å². The Balaban J connectivity index is 0. The number of hydrogen-bond donors (Lipinski definition) is 1. The van der Waals surface area contributed by atoms with Crippen LogP contribution in [0.25, 0.3) is 0 Å². The van der Waals surface area contributed by atoms with E-state index in [1.165, 1.54) is 19.3 Å². The van der Waals surface area contributed by atoms with Crippen LogP contribution in [-0.4, -0.2) is 6.54 Å². The molecule has 0 aromatic rings. The molecule has 0 aliphatic heterocycles. The molecule has 0 atom stereocenters. The molecule has 1 fully saturated rings. The van der Waals surface area contributed by atoms with Gasteiger partial charge in [0.1, 0.15) is 0 Å². The van der Waals surface area contributed by atoms with E-state index >= 15 is 0 Å². The van der Waals surface area contributed by atoms with Gasteiger partial charge in [0.15, 0.2) is 0 Å². The maximum atomic E-state index is 5.33. The number of nitrogens with two attached hydrogens (primary N) is 1. The fourth-order valence-corrected chi connectivity index (χ4v) is 0.729. The van der Waals surface area contributed by atoms with Crippen LogP contribution in [0.15, 0.2) is 0 Å². The Morgan fingerprint density at radius 1 is 1.57 bits per heavy atom. The molecule has 0 aromatic carbocycles. The van der Waals surface area contributed by atoms with E-state index in [0.29, 0.717) is 0 Å². The van der Waals surface area contributed by atoms with Crippen LogP contribution in [0.1, 0.15) is 20.7 Å². The first-order valence-electron chi connectivity index (χ1n) is 2.63. The van der Waals surface area contributed by atoms with Gasteiger partial charge in [-0.1, -0.05) is 6.42 Å². The molecule has 0 saturated heterocycles. The highest BCUT2D eigenvalue weighted by Gasteiger charge is 2.13. The van der Waals surface area contributed by atoms with Gasteiger partial charge >= 0.3 is 1.43 Å². The summed E-state index contributed by atoms with van der Waals surface area (Å²) >= 11 is 0. The van der Waals surface area contributed by atoms with Gasteiger partial charge in [0.2, 0.25) is 0 Å². The average Bonchev–Trinajstić information content (AvgIpc) is 1.31. The van der Waals surface area contributed by atoms with Crippen LogP contribution >= 0.6 is 0 Å². The molecule has 1 aliphatic carbocycles. The first-order chi connectivity index (χ1) is 2.93. The predicted molar refractivity (Wildman–Crippen MR) is 27.5 cm³/mol. The maximum absolute atomic E-state index is 5.33. The summed E-state index contributed by atoms with van der Waals surface area (Å²) in [6.45, 7) is 0.917. The van der Waals surface area contributed by atoms with Gasteiger partial charge < -0.3 is 18.1 Å². The summed E-state index contributed by atoms with van der Waals surface area (Å²) in [6, 6.07) is 0. The number of rotatable bonds is 1. The van der Waals surface area contributed by atoms with Crippen molar-refractivity contribution in [2.24, 2.45) is 11.7 Å². The monoisotopic (exact) mass is 121 g/mol. The highest BCUT2D eigenvalue weighted by molar-refractivity contribution is 4.68. The van der Waals surface area contributed by atoms with E-state index in [-0.39, 0.29) is 13.8 Å². The zero-order valence-corrected chi connectivity index (χ0v) is 5.12. The van der Waals surface area contributed by atoms with Gasteiger partial charge in [0.25, 0.3) is 0 Å². The lowest BCUT2D eigenvalue weighted by Gasteiger charge is -2.22. The summed E-state index contributed by atoms with van der Waals surface area (Å²) in [5, 5.41) is 0. The van der Waals surface area contributed by atoms with E-state index in [4.69, 9.17) is 5.73 Å². The third kappa shape index (κ3) is 1.66. The lowest BCUT2D eigenvalue weighted by atomic mass is 9.86. The first-order valence-corrected chi connectivity index (χ1v) is 2.63. The van der Waals surface area contributed by atoms with Crippen LogP contribution < -0.4 is 18.1 Å². The van der Waals surface area contributed by atoms with Gasteiger partial charge in [-0.3, -0.25) is 0 Å². The standard InChI is InChI=1S/C5H11N.ClH/c6-4-5-2-1-3-5;/h5H,1-4,6H2;1H. The molecule has 1 aliphatic rings. The van der Waals surface area contributed by atoms with Gasteiger partial charge in [-0.05, 0) is 25.3 Å². The second-order valence-corrected chi connectivity index (χ2v) is 2.03. The summed E-state index contributed by atoms with van der Waals surface area (Å²) in [4.78, 5) is 0. The largest absolute Gasteiger partial charge is 1.00 e. The molecule has 44 valence electrons. The number of hydrogen-bond acceptors (Lipinski definition) is 1. The SMILES string of the molecule is NCC1CCC1.[Cl-].[H+]. The summed E-state index contributed by atoms with van der Waals surface area (Å²) < 4.78 is 0. The highest BCUT2D eigenvalue weighted by atomic mass is 35.5. The van der Waals surface area contributed by atoms with Gasteiger partial charge in [0, 0.05) is 0 Å². The minimum absolute atomic E-state index is 0. The summed E-state index contributed by atoms with van der Waals surface area (Å²) in [7, 11) is 0. The fourth-order valence-electron chi connectivity index (χ4n) is 0.729. The van der Waals surface area contributed by atoms with Gasteiger partial charge in [-0.25, -0.2) is 0 Å². The van der Waals surface area contributed by atoms with Gasteiger partial charge in [-0.2, -0.15) is 0 Å². The molecular weight excluding hydrogens is 110 g/mol. The first kappa shape index (κ1) is 7.25. The van der Waals surface area contributed by atoms with E-state index in [0.717, 1.165) is 12.5 Å². The number of halogens is 1. The molecule has 0 heterocycles. The van der Waals surface area contributed by atoms with Crippen molar-refractivity contribution in [1.82, 2.24) is 0 Å². The molecule has 2 N–H and O–H groups in total. The fraction of sp³-hybridized carbons (Fsp3) is 1.00. The third-order valence-corrected chi connectivity index (χ3v) is 1.56. The third-order valence-electron chi connectivity index (χ3n) is 1.56. The van der Waals surface area contributed by atoms with E-state index in [2.05, 4.69) is 0 Å². The van der Waals surface area contributed by atoms with Crippen molar-refractivity contribution in [1.29, 1.82) is 0 Å². The van der Waals surface area contributed by atoms with Crippen LogP contribution in [0.4, 0.5) is 0 Å². The molecule has 2 heteroatoms. The molecule has 1 saturated carbocycles. The summed E-state index contributed by atoms with van der Waals surface area (Å²) in [5.41, 5.74) is 5.33. The zero-order valence-electron chi connectivity index (χ0n) is 5.36. The summed E-state index contributed by atoms with van der Waals surface area (Å²) in [5.74, 6) is 0.894. The second-order valence-electron chi connectivity index (χ2n) is 2.03. The molecule has 7 heavy (non-hydrogen) atoms. The van der Waals surface area contributed by atoms with Crippen molar-refractivity contribution in [3.05, 3.63) is 0 Å². The molecule has 0 spiro atoms. The molecule has 0 aromatic heterocycles. The molecule has 1 rings (SSSR count). The van der Waals surface area contributed by atoms with Gasteiger partial charge in [0.05, 0.1) is 0 Å².